The predicted octanol–water partition coefficient (Wildman–Crippen LogP) is 3.60. The zero-order chi connectivity index (χ0) is 17.8. The first kappa shape index (κ1) is 16.8. The van der Waals surface area contributed by atoms with Gasteiger partial charge in [0.15, 0.2) is 5.78 Å². The van der Waals surface area contributed by atoms with Gasteiger partial charge in [0, 0.05) is 30.3 Å². The molecule has 3 rings (SSSR count). The molecule has 2 aromatic rings. The number of amides is 1. The van der Waals surface area contributed by atoms with Gasteiger partial charge in [0.1, 0.15) is 5.75 Å². The van der Waals surface area contributed by atoms with E-state index >= 15 is 0 Å². The number of para-hydroxylation sites is 1. The molecule has 128 valence electrons. The Bertz CT molecular complexity index is 829. The number of carbonyl (C=O) groups is 2. The van der Waals surface area contributed by atoms with Gasteiger partial charge in [-0.3, -0.25) is 9.59 Å². The van der Waals surface area contributed by atoms with E-state index in [1.54, 1.807) is 18.2 Å². The number of hydrogen-bond acceptors (Lipinski definition) is 4. The number of benzene rings is 2. The molecule has 5 nitrogen and oxygen atoms in total. The van der Waals surface area contributed by atoms with Crippen molar-refractivity contribution in [2.75, 3.05) is 24.3 Å². The summed E-state index contributed by atoms with van der Waals surface area (Å²) in [5, 5.41) is 6.00. The minimum atomic E-state index is -0.322. The van der Waals surface area contributed by atoms with Gasteiger partial charge in [-0.2, -0.15) is 0 Å². The zero-order valence-electron chi connectivity index (χ0n) is 14.0. The second-order valence-corrected chi connectivity index (χ2v) is 5.90. The highest BCUT2D eigenvalue weighted by atomic mass is 16.5. The van der Waals surface area contributed by atoms with Crippen molar-refractivity contribution in [1.29, 1.82) is 0 Å². The molecular formula is C20H20N2O3. The maximum Gasteiger partial charge on any atom is 0.247 e. The van der Waals surface area contributed by atoms with Crippen molar-refractivity contribution in [3.8, 4) is 5.75 Å². The van der Waals surface area contributed by atoms with Crippen LogP contribution in [0.25, 0.3) is 0 Å². The normalized spacial score (nSPS) is 15.0. The molecule has 0 bridgehead atoms. The Morgan fingerprint density at radius 2 is 2.12 bits per heavy atom. The zero-order valence-corrected chi connectivity index (χ0v) is 14.0. The first-order chi connectivity index (χ1) is 12.1. The number of anilines is 2. The van der Waals surface area contributed by atoms with Crippen LogP contribution in [-0.2, 0) is 4.79 Å². The standard InChI is InChI=1S/C20H20N2O3/c1-3-20(24)22-14-8-9-19(25-2)16(11-14)18(23)10-13-12-21-17-7-5-4-6-15(13)17/h3-9,11,13,21H,1,10,12H2,2H3,(H,22,24). The van der Waals surface area contributed by atoms with Gasteiger partial charge in [-0.15, -0.1) is 0 Å². The first-order valence-electron chi connectivity index (χ1n) is 8.10. The largest absolute Gasteiger partial charge is 0.496 e. The summed E-state index contributed by atoms with van der Waals surface area (Å²) < 4.78 is 5.32. The maximum atomic E-state index is 12.9. The van der Waals surface area contributed by atoms with E-state index in [0.29, 0.717) is 23.4 Å². The van der Waals surface area contributed by atoms with Crippen molar-refractivity contribution in [1.82, 2.24) is 0 Å². The lowest BCUT2D eigenvalue weighted by Gasteiger charge is -2.13. The lowest BCUT2D eigenvalue weighted by molar-refractivity contribution is -0.111. The fraction of sp³-hybridized carbons (Fsp3) is 0.200. The highest BCUT2D eigenvalue weighted by molar-refractivity contribution is 6.03. The average Bonchev–Trinajstić information content (AvgIpc) is 3.04. The number of fused-ring (bicyclic) bond motifs is 1. The van der Waals surface area contributed by atoms with E-state index in [0.717, 1.165) is 17.8 Å². The molecule has 1 aliphatic heterocycles. The SMILES string of the molecule is C=CC(=O)Nc1ccc(OC)c(C(=O)CC2CNc3ccccc32)c1. The Labute approximate surface area is 146 Å². The lowest BCUT2D eigenvalue weighted by Crippen LogP contribution is -2.12. The van der Waals surface area contributed by atoms with Crippen molar-refractivity contribution >= 4 is 23.1 Å². The van der Waals surface area contributed by atoms with Crippen molar-refractivity contribution in [3.63, 3.8) is 0 Å². The topological polar surface area (TPSA) is 67.4 Å². The van der Waals surface area contributed by atoms with Gasteiger partial charge in [0.05, 0.1) is 12.7 Å². The molecule has 0 fully saturated rings. The summed E-state index contributed by atoms with van der Waals surface area (Å²) in [4.78, 5) is 24.3. The van der Waals surface area contributed by atoms with Crippen molar-refractivity contribution < 1.29 is 14.3 Å². The summed E-state index contributed by atoms with van der Waals surface area (Å²) in [5.41, 5.74) is 3.25. The molecule has 2 N–H and O–H groups in total. The third-order valence-corrected chi connectivity index (χ3v) is 4.32. The fourth-order valence-electron chi connectivity index (χ4n) is 3.07. The van der Waals surface area contributed by atoms with E-state index in [4.69, 9.17) is 4.74 Å². The van der Waals surface area contributed by atoms with Crippen molar-refractivity contribution in [3.05, 3.63) is 66.2 Å². The van der Waals surface area contributed by atoms with E-state index < -0.39 is 0 Å². The maximum absolute atomic E-state index is 12.9. The van der Waals surface area contributed by atoms with E-state index in [9.17, 15) is 9.59 Å². The van der Waals surface area contributed by atoms with Gasteiger partial charge in [-0.05, 0) is 35.9 Å². The van der Waals surface area contributed by atoms with Crippen LogP contribution >= 0.6 is 0 Å². The number of ether oxygens (including phenoxy) is 1. The summed E-state index contributed by atoms with van der Waals surface area (Å²) in [6, 6.07) is 13.1. The van der Waals surface area contributed by atoms with Gasteiger partial charge in [0.2, 0.25) is 5.91 Å². The van der Waals surface area contributed by atoms with Crippen LogP contribution in [0.15, 0.2) is 55.1 Å². The molecule has 2 aromatic carbocycles. The van der Waals surface area contributed by atoms with E-state index in [2.05, 4.69) is 17.2 Å². The van der Waals surface area contributed by atoms with Gasteiger partial charge >= 0.3 is 0 Å². The van der Waals surface area contributed by atoms with Crippen LogP contribution < -0.4 is 15.4 Å². The second-order valence-electron chi connectivity index (χ2n) is 5.90. The Hall–Kier alpha value is -3.08. The molecule has 1 atom stereocenters. The van der Waals surface area contributed by atoms with E-state index in [1.165, 1.54) is 13.2 Å². The van der Waals surface area contributed by atoms with Crippen LogP contribution in [0.1, 0.15) is 28.3 Å². The number of hydrogen-bond donors (Lipinski definition) is 2. The van der Waals surface area contributed by atoms with Gasteiger partial charge < -0.3 is 15.4 Å². The molecule has 1 unspecified atom stereocenters. The van der Waals surface area contributed by atoms with E-state index in [-0.39, 0.29) is 17.6 Å². The summed E-state index contributed by atoms with van der Waals surface area (Å²) in [7, 11) is 1.53. The Kier molecular flexibility index (Phi) is 4.84. The highest BCUT2D eigenvalue weighted by Crippen LogP contribution is 2.35. The number of nitrogens with one attached hydrogen (secondary N) is 2. The van der Waals surface area contributed by atoms with Crippen LogP contribution in [0, 0.1) is 0 Å². The number of ketones is 1. The van der Waals surface area contributed by atoms with Crippen LogP contribution in [0.3, 0.4) is 0 Å². The quantitative estimate of drug-likeness (QED) is 0.625. The fourth-order valence-corrected chi connectivity index (χ4v) is 3.07. The monoisotopic (exact) mass is 336 g/mol. The number of methoxy groups -OCH3 is 1. The minimum Gasteiger partial charge on any atom is -0.496 e. The number of Topliss-reactive ketones (excluding diaryl/α,β-unsaturated/α-hetero) is 1. The molecule has 1 aliphatic rings. The van der Waals surface area contributed by atoms with Gasteiger partial charge in [-0.1, -0.05) is 24.8 Å². The molecule has 0 aromatic heterocycles. The Balaban J connectivity index is 1.82. The summed E-state index contributed by atoms with van der Waals surface area (Å²) in [6.07, 6.45) is 1.56. The summed E-state index contributed by atoms with van der Waals surface area (Å²) in [5.74, 6) is 0.285. The molecule has 1 amide bonds. The van der Waals surface area contributed by atoms with E-state index in [1.807, 2.05) is 24.3 Å². The third kappa shape index (κ3) is 3.55. The van der Waals surface area contributed by atoms with Crippen LogP contribution in [0.5, 0.6) is 5.75 Å². The molecule has 5 heteroatoms. The molecule has 0 aliphatic carbocycles. The van der Waals surface area contributed by atoms with Crippen molar-refractivity contribution in [2.24, 2.45) is 0 Å². The number of rotatable bonds is 6. The average molecular weight is 336 g/mol. The molecular weight excluding hydrogens is 316 g/mol. The Morgan fingerprint density at radius 3 is 2.88 bits per heavy atom. The molecule has 1 heterocycles. The van der Waals surface area contributed by atoms with Crippen LogP contribution in [-0.4, -0.2) is 25.3 Å². The summed E-state index contributed by atoms with van der Waals surface area (Å²) in [6.45, 7) is 4.16. The first-order valence-corrected chi connectivity index (χ1v) is 8.10. The Morgan fingerprint density at radius 1 is 1.32 bits per heavy atom. The highest BCUT2D eigenvalue weighted by Gasteiger charge is 2.25. The minimum absolute atomic E-state index is 0.0185. The van der Waals surface area contributed by atoms with Crippen LogP contribution in [0.2, 0.25) is 0 Å². The molecule has 0 saturated heterocycles. The third-order valence-electron chi connectivity index (χ3n) is 4.32. The van der Waals surface area contributed by atoms with Crippen molar-refractivity contribution in [2.45, 2.75) is 12.3 Å². The number of carbonyl (C=O) groups excluding carboxylic acids is 2. The molecule has 0 radical (unpaired) electrons. The predicted molar refractivity (Wildman–Crippen MR) is 98.4 cm³/mol. The lowest BCUT2D eigenvalue weighted by atomic mass is 9.93. The molecule has 0 spiro atoms. The molecule has 0 saturated carbocycles. The smallest absolute Gasteiger partial charge is 0.247 e. The van der Waals surface area contributed by atoms with Gasteiger partial charge in [-0.25, -0.2) is 0 Å². The van der Waals surface area contributed by atoms with Gasteiger partial charge in [0.25, 0.3) is 0 Å². The van der Waals surface area contributed by atoms with Crippen LogP contribution in [0.4, 0.5) is 11.4 Å². The summed E-state index contributed by atoms with van der Waals surface area (Å²) >= 11 is 0. The second kappa shape index (κ2) is 7.21. The molecule has 25 heavy (non-hydrogen) atoms.